The molecule has 0 aromatic heterocycles. The first-order chi connectivity index (χ1) is 6.66. The number of hydrogen-bond acceptors (Lipinski definition) is 2. The van der Waals surface area contributed by atoms with Crippen LogP contribution in [0.4, 0.5) is 0 Å². The van der Waals surface area contributed by atoms with Gasteiger partial charge in [-0.05, 0) is 38.9 Å². The summed E-state index contributed by atoms with van der Waals surface area (Å²) in [6.45, 7) is 8.81. The lowest BCUT2D eigenvalue weighted by atomic mass is 10.4. The fourth-order valence-electron chi connectivity index (χ4n) is 0.894. The fraction of sp³-hybridized carbons (Fsp3) is 0.900. The average molecular weight is 218 g/mol. The van der Waals surface area contributed by atoms with Gasteiger partial charge < -0.3 is 15.4 Å². The first-order valence-corrected chi connectivity index (χ1v) is 5.71. The summed E-state index contributed by atoms with van der Waals surface area (Å²) in [7, 11) is 0. The van der Waals surface area contributed by atoms with E-state index in [2.05, 4.69) is 17.6 Å². The quantitative estimate of drug-likeness (QED) is 0.503. The first kappa shape index (κ1) is 13.7. The fourth-order valence-corrected chi connectivity index (χ4v) is 1.10. The van der Waals surface area contributed by atoms with Crippen molar-refractivity contribution >= 4 is 17.3 Å². The van der Waals surface area contributed by atoms with E-state index in [0.717, 1.165) is 37.7 Å². The molecule has 0 heterocycles. The Kier molecular flexibility index (Phi) is 8.98. The van der Waals surface area contributed by atoms with E-state index >= 15 is 0 Å². The van der Waals surface area contributed by atoms with Gasteiger partial charge in [0, 0.05) is 19.7 Å². The molecule has 3 nitrogen and oxygen atoms in total. The molecule has 0 saturated carbocycles. The molecular weight excluding hydrogens is 196 g/mol. The Bertz CT molecular complexity index is 151. The smallest absolute Gasteiger partial charge is 0.166 e. The second kappa shape index (κ2) is 9.21. The predicted octanol–water partition coefficient (Wildman–Crippen LogP) is 1.68. The van der Waals surface area contributed by atoms with Crippen molar-refractivity contribution in [3.8, 4) is 0 Å². The number of nitrogens with one attached hydrogen (secondary N) is 2. The molecule has 0 aromatic carbocycles. The van der Waals surface area contributed by atoms with Crippen LogP contribution in [0, 0.1) is 0 Å². The Balaban J connectivity index is 3.15. The zero-order valence-corrected chi connectivity index (χ0v) is 10.2. The molecule has 0 saturated heterocycles. The molecule has 0 spiro atoms. The van der Waals surface area contributed by atoms with Gasteiger partial charge in [0.25, 0.3) is 0 Å². The van der Waals surface area contributed by atoms with Crippen LogP contribution in [0.1, 0.15) is 33.6 Å². The first-order valence-electron chi connectivity index (χ1n) is 5.30. The molecule has 14 heavy (non-hydrogen) atoms. The van der Waals surface area contributed by atoms with Gasteiger partial charge >= 0.3 is 0 Å². The van der Waals surface area contributed by atoms with E-state index in [1.54, 1.807) is 0 Å². The van der Waals surface area contributed by atoms with Crippen molar-refractivity contribution in [3.63, 3.8) is 0 Å². The molecule has 4 heteroatoms. The lowest BCUT2D eigenvalue weighted by Crippen LogP contribution is -2.36. The summed E-state index contributed by atoms with van der Waals surface area (Å²) in [4.78, 5) is 0. The van der Waals surface area contributed by atoms with E-state index < -0.39 is 0 Å². The van der Waals surface area contributed by atoms with Crippen LogP contribution in [0.15, 0.2) is 0 Å². The van der Waals surface area contributed by atoms with Gasteiger partial charge in [-0.1, -0.05) is 6.92 Å². The van der Waals surface area contributed by atoms with Crippen molar-refractivity contribution < 1.29 is 4.74 Å². The van der Waals surface area contributed by atoms with E-state index in [9.17, 15) is 0 Å². The number of hydrogen-bond donors (Lipinski definition) is 2. The molecule has 0 amide bonds. The SMILES string of the molecule is CCCNC(=S)NCCCOC(C)C. The monoisotopic (exact) mass is 218 g/mol. The number of rotatable bonds is 7. The summed E-state index contributed by atoms with van der Waals surface area (Å²) in [5.41, 5.74) is 0. The molecule has 0 aromatic rings. The van der Waals surface area contributed by atoms with E-state index in [4.69, 9.17) is 17.0 Å². The molecule has 2 N–H and O–H groups in total. The van der Waals surface area contributed by atoms with Crippen LogP contribution < -0.4 is 10.6 Å². The van der Waals surface area contributed by atoms with Gasteiger partial charge in [-0.25, -0.2) is 0 Å². The third kappa shape index (κ3) is 9.74. The second-order valence-electron chi connectivity index (χ2n) is 3.46. The van der Waals surface area contributed by atoms with E-state index in [1.165, 1.54) is 0 Å². The molecule has 0 fully saturated rings. The Morgan fingerprint density at radius 2 is 1.93 bits per heavy atom. The molecule has 0 atom stereocenters. The topological polar surface area (TPSA) is 33.3 Å². The molecule has 0 unspecified atom stereocenters. The Hall–Kier alpha value is -0.350. The van der Waals surface area contributed by atoms with Crippen LogP contribution in [0.25, 0.3) is 0 Å². The van der Waals surface area contributed by atoms with Crippen LogP contribution >= 0.6 is 12.2 Å². The second-order valence-corrected chi connectivity index (χ2v) is 3.86. The Morgan fingerprint density at radius 1 is 1.29 bits per heavy atom. The van der Waals surface area contributed by atoms with Crippen molar-refractivity contribution in [3.05, 3.63) is 0 Å². The van der Waals surface area contributed by atoms with Crippen molar-refractivity contribution in [1.82, 2.24) is 10.6 Å². The molecule has 84 valence electrons. The lowest BCUT2D eigenvalue weighted by Gasteiger charge is -2.10. The summed E-state index contributed by atoms with van der Waals surface area (Å²) in [5, 5.41) is 6.99. The third-order valence-corrected chi connectivity index (χ3v) is 1.88. The molecule has 0 radical (unpaired) electrons. The molecule has 0 bridgehead atoms. The number of thiocarbonyl (C=S) groups is 1. The van der Waals surface area contributed by atoms with Crippen molar-refractivity contribution in [2.45, 2.75) is 39.7 Å². The van der Waals surface area contributed by atoms with E-state index in [-0.39, 0.29) is 0 Å². The van der Waals surface area contributed by atoms with Crippen molar-refractivity contribution in [2.75, 3.05) is 19.7 Å². The van der Waals surface area contributed by atoms with Gasteiger partial charge in [0.05, 0.1) is 6.10 Å². The highest BCUT2D eigenvalue weighted by molar-refractivity contribution is 7.80. The molecule has 0 aliphatic heterocycles. The Morgan fingerprint density at radius 3 is 2.50 bits per heavy atom. The molecule has 0 aliphatic carbocycles. The molecular formula is C10H22N2OS. The van der Waals surface area contributed by atoms with Crippen LogP contribution in [-0.4, -0.2) is 30.9 Å². The maximum absolute atomic E-state index is 5.40. The Labute approximate surface area is 92.6 Å². The lowest BCUT2D eigenvalue weighted by molar-refractivity contribution is 0.0777. The zero-order valence-electron chi connectivity index (χ0n) is 9.43. The van der Waals surface area contributed by atoms with Gasteiger partial charge in [0.15, 0.2) is 5.11 Å². The minimum Gasteiger partial charge on any atom is -0.379 e. The zero-order chi connectivity index (χ0) is 10.8. The maximum Gasteiger partial charge on any atom is 0.166 e. The normalized spacial score (nSPS) is 10.3. The summed E-state index contributed by atoms with van der Waals surface area (Å²) in [6, 6.07) is 0. The van der Waals surface area contributed by atoms with Crippen LogP contribution in [-0.2, 0) is 4.74 Å². The van der Waals surface area contributed by atoms with Gasteiger partial charge in [0.1, 0.15) is 0 Å². The van der Waals surface area contributed by atoms with E-state index in [1.807, 2.05) is 13.8 Å². The minimum absolute atomic E-state index is 0.320. The van der Waals surface area contributed by atoms with Crippen molar-refractivity contribution in [2.24, 2.45) is 0 Å². The largest absolute Gasteiger partial charge is 0.379 e. The molecule has 0 rings (SSSR count). The maximum atomic E-state index is 5.40. The van der Waals surface area contributed by atoms with Gasteiger partial charge in [0.2, 0.25) is 0 Å². The highest BCUT2D eigenvalue weighted by Gasteiger charge is 1.95. The van der Waals surface area contributed by atoms with Gasteiger partial charge in [-0.15, -0.1) is 0 Å². The third-order valence-electron chi connectivity index (χ3n) is 1.59. The molecule has 0 aliphatic rings. The van der Waals surface area contributed by atoms with Crippen molar-refractivity contribution in [1.29, 1.82) is 0 Å². The summed E-state index contributed by atoms with van der Waals surface area (Å²) >= 11 is 5.06. The summed E-state index contributed by atoms with van der Waals surface area (Å²) in [5.74, 6) is 0. The van der Waals surface area contributed by atoms with Crippen LogP contribution in [0.5, 0.6) is 0 Å². The van der Waals surface area contributed by atoms with Gasteiger partial charge in [-0.2, -0.15) is 0 Å². The predicted molar refractivity (Wildman–Crippen MR) is 64.6 cm³/mol. The summed E-state index contributed by atoms with van der Waals surface area (Å²) in [6.07, 6.45) is 2.41. The summed E-state index contributed by atoms with van der Waals surface area (Å²) < 4.78 is 5.40. The number of ether oxygens (including phenoxy) is 1. The van der Waals surface area contributed by atoms with Gasteiger partial charge in [-0.3, -0.25) is 0 Å². The van der Waals surface area contributed by atoms with E-state index in [0.29, 0.717) is 6.10 Å². The highest BCUT2D eigenvalue weighted by Crippen LogP contribution is 1.88. The van der Waals surface area contributed by atoms with Crippen LogP contribution in [0.2, 0.25) is 0 Å². The average Bonchev–Trinajstić information content (AvgIpc) is 2.13. The van der Waals surface area contributed by atoms with Crippen LogP contribution in [0.3, 0.4) is 0 Å². The minimum atomic E-state index is 0.320. The standard InChI is InChI=1S/C10H22N2OS/c1-4-6-11-10(14)12-7-5-8-13-9(2)3/h9H,4-8H2,1-3H3,(H2,11,12,14). The highest BCUT2D eigenvalue weighted by atomic mass is 32.1.